The second-order valence-corrected chi connectivity index (χ2v) is 4.77. The summed E-state index contributed by atoms with van der Waals surface area (Å²) in [6.07, 6.45) is 0.896. The van der Waals surface area contributed by atoms with Crippen LogP contribution >= 0.6 is 0 Å². The summed E-state index contributed by atoms with van der Waals surface area (Å²) in [5.41, 5.74) is 0.658. The van der Waals surface area contributed by atoms with Gasteiger partial charge in [0, 0.05) is 5.56 Å². The maximum Gasteiger partial charge on any atom is 0.238 e. The molecule has 0 radical (unpaired) electrons. The minimum absolute atomic E-state index is 0.310. The Labute approximate surface area is 101 Å². The van der Waals surface area contributed by atoms with Gasteiger partial charge in [-0.25, -0.2) is 4.74 Å². The highest BCUT2D eigenvalue weighted by Gasteiger charge is 2.33. The first-order chi connectivity index (χ1) is 8.05. The van der Waals surface area contributed by atoms with Crippen LogP contribution < -0.4 is 0 Å². The molecule has 1 fully saturated rings. The van der Waals surface area contributed by atoms with Crippen molar-refractivity contribution in [3.8, 4) is 0 Å². The van der Waals surface area contributed by atoms with Crippen LogP contribution in [0.4, 0.5) is 0 Å². The topological polar surface area (TPSA) is 44.5 Å². The molecule has 0 spiro atoms. The van der Waals surface area contributed by atoms with E-state index in [4.69, 9.17) is 9.47 Å². The fourth-order valence-electron chi connectivity index (χ4n) is 1.69. The normalized spacial score (nSPS) is 23.9. The molecule has 0 aliphatic carbocycles. The van der Waals surface area contributed by atoms with Crippen molar-refractivity contribution in [2.45, 2.75) is 32.3 Å². The van der Waals surface area contributed by atoms with Gasteiger partial charge < -0.3 is 14.7 Å². The lowest BCUT2D eigenvalue weighted by molar-refractivity contribution is -0.474. The lowest BCUT2D eigenvalue weighted by atomic mass is 10.2. The highest BCUT2D eigenvalue weighted by Crippen LogP contribution is 2.20. The van der Waals surface area contributed by atoms with Crippen molar-refractivity contribution in [2.24, 2.45) is 0 Å². The molecule has 17 heavy (non-hydrogen) atoms. The van der Waals surface area contributed by atoms with E-state index in [0.717, 1.165) is 10.3 Å². The van der Waals surface area contributed by atoms with Crippen LogP contribution in [0.2, 0.25) is 0 Å². The molecule has 92 valence electrons. The molecule has 0 bridgehead atoms. The molecule has 1 aromatic rings. The summed E-state index contributed by atoms with van der Waals surface area (Å²) in [4.78, 5) is 0. The van der Waals surface area contributed by atoms with Gasteiger partial charge in [-0.2, -0.15) is 0 Å². The molecule has 1 aliphatic heterocycles. The Morgan fingerprint density at radius 1 is 1.41 bits per heavy atom. The number of benzene rings is 1. The maximum absolute atomic E-state index is 11.7. The van der Waals surface area contributed by atoms with Crippen LogP contribution in [0.1, 0.15) is 19.4 Å². The average molecular weight is 235 g/mol. The van der Waals surface area contributed by atoms with E-state index in [1.807, 2.05) is 44.2 Å². The van der Waals surface area contributed by atoms with Crippen LogP contribution in [0.25, 0.3) is 0 Å². The smallest absolute Gasteiger partial charge is 0.238 e. The Kier molecular flexibility index (Phi) is 3.45. The van der Waals surface area contributed by atoms with Gasteiger partial charge in [0.15, 0.2) is 6.54 Å². The van der Waals surface area contributed by atoms with Gasteiger partial charge in [0.25, 0.3) is 0 Å². The first-order valence-electron chi connectivity index (χ1n) is 5.67. The molecule has 0 aromatic heterocycles. The minimum Gasteiger partial charge on any atom is -0.624 e. The predicted octanol–water partition coefficient (Wildman–Crippen LogP) is 1.92. The molecular formula is C13H17NO3. The molecule has 4 heteroatoms. The van der Waals surface area contributed by atoms with E-state index >= 15 is 0 Å². The van der Waals surface area contributed by atoms with Crippen LogP contribution in [0.15, 0.2) is 30.3 Å². The lowest BCUT2D eigenvalue weighted by Gasteiger charge is -2.13. The maximum atomic E-state index is 11.7. The van der Waals surface area contributed by atoms with E-state index in [1.165, 1.54) is 6.21 Å². The number of hydroxylamine groups is 1. The molecule has 1 aliphatic rings. The van der Waals surface area contributed by atoms with Crippen LogP contribution in [0.5, 0.6) is 0 Å². The lowest BCUT2D eigenvalue weighted by Crippen LogP contribution is -2.24. The van der Waals surface area contributed by atoms with Gasteiger partial charge in [0.2, 0.25) is 12.5 Å². The molecule has 0 N–H and O–H groups in total. The molecule has 1 atom stereocenters. The van der Waals surface area contributed by atoms with Crippen molar-refractivity contribution in [1.29, 1.82) is 0 Å². The number of hydrogen-bond donors (Lipinski definition) is 0. The highest BCUT2D eigenvalue weighted by molar-refractivity contribution is 5.56. The minimum atomic E-state index is -0.536. The second-order valence-electron chi connectivity index (χ2n) is 4.77. The molecule has 1 heterocycles. The zero-order valence-electron chi connectivity index (χ0n) is 10.1. The predicted molar refractivity (Wildman–Crippen MR) is 64.7 cm³/mol. The summed E-state index contributed by atoms with van der Waals surface area (Å²) < 4.78 is 11.7. The van der Waals surface area contributed by atoms with Gasteiger partial charge in [-0.15, -0.1) is 0 Å². The van der Waals surface area contributed by atoms with E-state index in [9.17, 15) is 5.21 Å². The zero-order chi connectivity index (χ0) is 12.3. The molecule has 2 rings (SSSR count). The summed E-state index contributed by atoms with van der Waals surface area (Å²) in [5.74, 6) is 0. The van der Waals surface area contributed by atoms with Gasteiger partial charge in [0.05, 0.1) is 12.2 Å². The third-order valence-electron chi connectivity index (χ3n) is 2.50. The van der Waals surface area contributed by atoms with E-state index < -0.39 is 6.29 Å². The molecule has 0 amide bonds. The summed E-state index contributed by atoms with van der Waals surface area (Å²) >= 11 is 0. The molecule has 0 saturated carbocycles. The third-order valence-corrected chi connectivity index (χ3v) is 2.50. The number of ether oxygens (including phenoxy) is 2. The van der Waals surface area contributed by atoms with Crippen molar-refractivity contribution >= 4 is 6.21 Å². The molecular weight excluding hydrogens is 218 g/mol. The standard InChI is InChI=1S/C13H17NO3/c1-13(2)10-16-12(17-13)9-14(15)8-11-6-4-3-5-7-11/h3-7,9,12H,8,10H2,1-2H3/b14-9-/t12-/m0/s1. The first kappa shape index (κ1) is 12.1. The summed E-state index contributed by atoms with van der Waals surface area (Å²) in [5, 5.41) is 11.7. The van der Waals surface area contributed by atoms with Crippen LogP contribution in [0.3, 0.4) is 0 Å². The Morgan fingerprint density at radius 2 is 2.12 bits per heavy atom. The SMILES string of the molecule is CC1(C)CO[C@H](/C=[N+](\[O-])Cc2ccccc2)O1. The summed E-state index contributed by atoms with van der Waals surface area (Å²) in [6, 6.07) is 9.58. The van der Waals surface area contributed by atoms with Crippen molar-refractivity contribution < 1.29 is 14.2 Å². The highest BCUT2D eigenvalue weighted by atomic mass is 16.7. The zero-order valence-corrected chi connectivity index (χ0v) is 10.1. The molecule has 0 unspecified atom stereocenters. The van der Waals surface area contributed by atoms with Crippen molar-refractivity contribution in [3.63, 3.8) is 0 Å². The van der Waals surface area contributed by atoms with Crippen LogP contribution in [-0.2, 0) is 16.0 Å². The third kappa shape index (κ3) is 3.54. The van der Waals surface area contributed by atoms with Crippen molar-refractivity contribution in [3.05, 3.63) is 41.1 Å². The van der Waals surface area contributed by atoms with Crippen molar-refractivity contribution in [1.82, 2.24) is 0 Å². The largest absolute Gasteiger partial charge is 0.624 e. The van der Waals surface area contributed by atoms with E-state index in [2.05, 4.69) is 0 Å². The monoisotopic (exact) mass is 235 g/mol. The van der Waals surface area contributed by atoms with Crippen molar-refractivity contribution in [2.75, 3.05) is 6.61 Å². The summed E-state index contributed by atoms with van der Waals surface area (Å²) in [6.45, 7) is 4.69. The second kappa shape index (κ2) is 4.85. The van der Waals surface area contributed by atoms with Crippen LogP contribution in [0, 0.1) is 5.21 Å². The van der Waals surface area contributed by atoms with E-state index in [1.54, 1.807) is 0 Å². The number of nitrogens with zero attached hydrogens (tertiary/aromatic N) is 1. The number of hydrogen-bond acceptors (Lipinski definition) is 3. The van der Waals surface area contributed by atoms with Gasteiger partial charge in [-0.1, -0.05) is 30.3 Å². The van der Waals surface area contributed by atoms with Crippen LogP contribution in [-0.4, -0.2) is 29.5 Å². The summed E-state index contributed by atoms with van der Waals surface area (Å²) in [7, 11) is 0. The van der Waals surface area contributed by atoms with Gasteiger partial charge in [-0.3, -0.25) is 0 Å². The Morgan fingerprint density at radius 3 is 2.71 bits per heavy atom. The Balaban J connectivity index is 1.94. The Bertz CT molecular complexity index is 400. The van der Waals surface area contributed by atoms with E-state index in [0.29, 0.717) is 13.2 Å². The number of rotatable bonds is 3. The fraction of sp³-hybridized carbons (Fsp3) is 0.462. The Hall–Kier alpha value is -1.39. The van der Waals surface area contributed by atoms with E-state index in [-0.39, 0.29) is 5.60 Å². The fourth-order valence-corrected chi connectivity index (χ4v) is 1.69. The first-order valence-corrected chi connectivity index (χ1v) is 5.67. The molecule has 1 saturated heterocycles. The quantitative estimate of drug-likeness (QED) is 0.348. The van der Waals surface area contributed by atoms with Gasteiger partial charge >= 0.3 is 0 Å². The van der Waals surface area contributed by atoms with Gasteiger partial charge in [-0.05, 0) is 13.8 Å². The average Bonchev–Trinajstić information content (AvgIpc) is 2.59. The molecule has 4 nitrogen and oxygen atoms in total. The van der Waals surface area contributed by atoms with Gasteiger partial charge in [0.1, 0.15) is 0 Å². The molecule has 1 aromatic carbocycles.